The van der Waals surface area contributed by atoms with Gasteiger partial charge in [0.15, 0.2) is 0 Å². The van der Waals surface area contributed by atoms with Crippen molar-refractivity contribution >= 4 is 5.69 Å². The first-order valence-corrected chi connectivity index (χ1v) is 7.40. The molecule has 19 heavy (non-hydrogen) atoms. The van der Waals surface area contributed by atoms with Crippen molar-refractivity contribution in [3.63, 3.8) is 0 Å². The molecule has 0 atom stereocenters. The number of aliphatic hydroxyl groups is 1. The summed E-state index contributed by atoms with van der Waals surface area (Å²) < 4.78 is 0. The zero-order valence-corrected chi connectivity index (χ0v) is 12.3. The third-order valence-corrected chi connectivity index (χ3v) is 3.58. The lowest BCUT2D eigenvalue weighted by molar-refractivity contribution is 0.276. The van der Waals surface area contributed by atoms with E-state index in [1.165, 1.54) is 25.7 Å². The lowest BCUT2D eigenvalue weighted by Gasteiger charge is -2.26. The van der Waals surface area contributed by atoms with Gasteiger partial charge in [-0.1, -0.05) is 27.2 Å². The first-order valence-electron chi connectivity index (χ1n) is 7.40. The molecule has 1 aliphatic rings. The van der Waals surface area contributed by atoms with Crippen molar-refractivity contribution in [3.05, 3.63) is 17.7 Å². The van der Waals surface area contributed by atoms with E-state index in [1.807, 2.05) is 6.20 Å². The smallest absolute Gasteiger partial charge is 0.131 e. The number of aliphatic hydroxyl groups excluding tert-OH is 1. The number of anilines is 1. The Hall–Kier alpha value is -1.16. The second-order valence-corrected chi connectivity index (χ2v) is 5.65. The minimum absolute atomic E-state index is 0.00703. The molecule has 0 unspecified atom stereocenters. The molecule has 4 heteroatoms. The van der Waals surface area contributed by atoms with Gasteiger partial charge in [-0.3, -0.25) is 0 Å². The molecule has 0 aliphatic heterocycles. The highest BCUT2D eigenvalue weighted by atomic mass is 16.3. The molecular weight excluding hydrogens is 238 g/mol. The molecule has 4 nitrogen and oxygen atoms in total. The van der Waals surface area contributed by atoms with Crippen molar-refractivity contribution in [2.45, 2.75) is 65.0 Å². The summed E-state index contributed by atoms with van der Waals surface area (Å²) in [6.07, 6.45) is 6.76. The van der Waals surface area contributed by atoms with Gasteiger partial charge in [0.05, 0.1) is 24.2 Å². The maximum Gasteiger partial charge on any atom is 0.131 e. The Morgan fingerprint density at radius 3 is 2.68 bits per heavy atom. The van der Waals surface area contributed by atoms with Crippen LogP contribution in [0.1, 0.15) is 63.9 Å². The Kier molecular flexibility index (Phi) is 4.75. The third kappa shape index (κ3) is 3.44. The van der Waals surface area contributed by atoms with Gasteiger partial charge in [-0.2, -0.15) is 0 Å². The van der Waals surface area contributed by atoms with Gasteiger partial charge in [0.2, 0.25) is 0 Å². The highest BCUT2D eigenvalue weighted by Gasteiger charge is 2.30. The van der Waals surface area contributed by atoms with Gasteiger partial charge in [0.25, 0.3) is 0 Å². The van der Waals surface area contributed by atoms with Crippen LogP contribution in [0.3, 0.4) is 0 Å². The molecule has 1 aromatic heterocycles. The van der Waals surface area contributed by atoms with E-state index in [1.54, 1.807) is 0 Å². The van der Waals surface area contributed by atoms with Crippen molar-refractivity contribution in [1.82, 2.24) is 9.97 Å². The van der Waals surface area contributed by atoms with Gasteiger partial charge in [0, 0.05) is 18.5 Å². The summed E-state index contributed by atoms with van der Waals surface area (Å²) in [7, 11) is 0. The van der Waals surface area contributed by atoms with Gasteiger partial charge in [-0.05, 0) is 19.3 Å². The van der Waals surface area contributed by atoms with Crippen LogP contribution in [0.15, 0.2) is 6.20 Å². The van der Waals surface area contributed by atoms with Gasteiger partial charge >= 0.3 is 0 Å². The van der Waals surface area contributed by atoms with Crippen molar-refractivity contribution in [3.8, 4) is 0 Å². The van der Waals surface area contributed by atoms with Gasteiger partial charge in [-0.25, -0.2) is 9.97 Å². The van der Waals surface area contributed by atoms with E-state index in [2.05, 4.69) is 35.6 Å². The van der Waals surface area contributed by atoms with Crippen molar-refractivity contribution in [2.24, 2.45) is 0 Å². The molecule has 0 aromatic carbocycles. The summed E-state index contributed by atoms with van der Waals surface area (Å²) in [4.78, 5) is 11.4. The number of aromatic nitrogens is 2. The fourth-order valence-electron chi connectivity index (χ4n) is 2.28. The summed E-state index contributed by atoms with van der Waals surface area (Å²) in [6.45, 7) is 7.39. The Balaban J connectivity index is 2.25. The lowest BCUT2D eigenvalue weighted by atomic mass is 10.2. The van der Waals surface area contributed by atoms with Gasteiger partial charge < -0.3 is 10.0 Å². The Morgan fingerprint density at radius 2 is 2.16 bits per heavy atom. The van der Waals surface area contributed by atoms with E-state index in [0.29, 0.717) is 12.0 Å². The van der Waals surface area contributed by atoms with Crippen molar-refractivity contribution < 1.29 is 5.11 Å². The number of hydrogen-bond acceptors (Lipinski definition) is 4. The second kappa shape index (κ2) is 6.33. The van der Waals surface area contributed by atoms with Crippen LogP contribution in [-0.2, 0) is 6.61 Å². The number of hydrogen-bond donors (Lipinski definition) is 1. The molecular formula is C15H25N3O. The van der Waals surface area contributed by atoms with Crippen LogP contribution in [0.4, 0.5) is 5.69 Å². The normalized spacial score (nSPS) is 15.0. The SMILES string of the molecule is CCCCN(c1cnc(C(C)C)nc1CO)C1CC1. The monoisotopic (exact) mass is 263 g/mol. The quantitative estimate of drug-likeness (QED) is 0.822. The van der Waals surface area contributed by atoms with Gasteiger partial charge in [0.1, 0.15) is 5.82 Å². The van der Waals surface area contributed by atoms with E-state index in [9.17, 15) is 5.11 Å². The topological polar surface area (TPSA) is 49.2 Å². The largest absolute Gasteiger partial charge is 0.390 e. The van der Waals surface area contributed by atoms with E-state index >= 15 is 0 Å². The van der Waals surface area contributed by atoms with Crippen LogP contribution in [0.25, 0.3) is 0 Å². The average molecular weight is 263 g/mol. The van der Waals surface area contributed by atoms with Crippen LogP contribution in [0, 0.1) is 0 Å². The molecule has 1 heterocycles. The molecule has 2 rings (SSSR count). The molecule has 0 saturated heterocycles. The fraction of sp³-hybridized carbons (Fsp3) is 0.733. The van der Waals surface area contributed by atoms with Crippen molar-refractivity contribution in [2.75, 3.05) is 11.4 Å². The molecule has 0 radical (unpaired) electrons. The zero-order valence-electron chi connectivity index (χ0n) is 12.3. The van der Waals surface area contributed by atoms with Gasteiger partial charge in [-0.15, -0.1) is 0 Å². The number of rotatable bonds is 7. The molecule has 1 aromatic rings. The zero-order chi connectivity index (χ0) is 13.8. The predicted molar refractivity (Wildman–Crippen MR) is 77.3 cm³/mol. The summed E-state index contributed by atoms with van der Waals surface area (Å²) in [5.41, 5.74) is 1.81. The average Bonchev–Trinajstić information content (AvgIpc) is 3.23. The summed E-state index contributed by atoms with van der Waals surface area (Å²) in [5, 5.41) is 9.58. The second-order valence-electron chi connectivity index (χ2n) is 5.65. The van der Waals surface area contributed by atoms with E-state index in [0.717, 1.165) is 23.8 Å². The van der Waals surface area contributed by atoms with E-state index in [-0.39, 0.29) is 6.61 Å². The highest BCUT2D eigenvalue weighted by molar-refractivity contribution is 5.51. The lowest BCUT2D eigenvalue weighted by Crippen LogP contribution is -2.28. The molecule has 106 valence electrons. The Morgan fingerprint density at radius 1 is 1.42 bits per heavy atom. The molecule has 1 saturated carbocycles. The minimum atomic E-state index is -0.00703. The summed E-state index contributed by atoms with van der Waals surface area (Å²) >= 11 is 0. The number of nitrogens with zero attached hydrogens (tertiary/aromatic N) is 3. The molecule has 0 spiro atoms. The molecule has 1 fully saturated rings. The maximum atomic E-state index is 9.58. The maximum absolute atomic E-state index is 9.58. The summed E-state index contributed by atoms with van der Waals surface area (Å²) in [5.74, 6) is 1.11. The third-order valence-electron chi connectivity index (χ3n) is 3.58. The van der Waals surface area contributed by atoms with E-state index in [4.69, 9.17) is 0 Å². The van der Waals surface area contributed by atoms with Crippen LogP contribution >= 0.6 is 0 Å². The van der Waals surface area contributed by atoms with Crippen LogP contribution < -0.4 is 4.90 Å². The first-order chi connectivity index (χ1) is 9.17. The first kappa shape index (κ1) is 14.3. The number of unbranched alkanes of at least 4 members (excludes halogenated alkanes) is 1. The summed E-state index contributed by atoms with van der Waals surface area (Å²) in [6, 6.07) is 0.630. The molecule has 0 amide bonds. The molecule has 1 aliphatic carbocycles. The molecule has 1 N–H and O–H groups in total. The Bertz CT molecular complexity index is 416. The van der Waals surface area contributed by atoms with Crippen LogP contribution in [0.2, 0.25) is 0 Å². The van der Waals surface area contributed by atoms with Crippen LogP contribution in [0.5, 0.6) is 0 Å². The fourth-order valence-corrected chi connectivity index (χ4v) is 2.28. The Labute approximate surface area is 115 Å². The standard InChI is InChI=1S/C15H25N3O/c1-4-5-8-18(12-6-7-12)14-9-16-15(11(2)3)17-13(14)10-19/h9,11-12,19H,4-8,10H2,1-3H3. The predicted octanol–water partition coefficient (Wildman–Crippen LogP) is 2.86. The van der Waals surface area contributed by atoms with E-state index < -0.39 is 0 Å². The minimum Gasteiger partial charge on any atom is -0.390 e. The molecule has 0 bridgehead atoms. The van der Waals surface area contributed by atoms with Crippen LogP contribution in [-0.4, -0.2) is 27.7 Å². The van der Waals surface area contributed by atoms with Crippen molar-refractivity contribution in [1.29, 1.82) is 0 Å². The highest BCUT2D eigenvalue weighted by Crippen LogP contribution is 2.33.